The van der Waals surface area contributed by atoms with E-state index in [4.69, 9.17) is 89.5 Å². The number of carbonyl (C=O) groups excluding carboxylic acids is 1. The molecule has 2 heterocycles. The molecule has 4 aromatic rings. The number of unbranched alkanes of at least 4 members (excludes halogenated alkanes) is 3. The number of sulfone groups is 1. The van der Waals surface area contributed by atoms with E-state index in [0.29, 0.717) is 205 Å². The van der Waals surface area contributed by atoms with Crippen molar-refractivity contribution in [3.63, 3.8) is 0 Å². The summed E-state index contributed by atoms with van der Waals surface area (Å²) in [5.41, 5.74) is 3.97. The maximum Gasteiger partial charge on any atom is 0.257 e. The molecule has 27 heteroatoms. The van der Waals surface area contributed by atoms with Crippen molar-refractivity contribution < 1.29 is 89.7 Å². The van der Waals surface area contributed by atoms with E-state index in [1.165, 1.54) is 49.5 Å². The predicted octanol–water partition coefficient (Wildman–Crippen LogP) is 10.7. The van der Waals surface area contributed by atoms with Gasteiger partial charge in [0.05, 0.1) is 235 Å². The van der Waals surface area contributed by atoms with E-state index >= 15 is 0 Å². The number of fused-ring (bicyclic) bond motifs is 5. The zero-order valence-corrected chi connectivity index (χ0v) is 63.3. The van der Waals surface area contributed by atoms with E-state index in [1.54, 1.807) is 35.1 Å². The summed E-state index contributed by atoms with van der Waals surface area (Å²) in [7, 11) is -3.74. The van der Waals surface area contributed by atoms with E-state index in [-0.39, 0.29) is 58.0 Å². The van der Waals surface area contributed by atoms with Crippen molar-refractivity contribution in [3.05, 3.63) is 99.9 Å². The second-order valence-electron chi connectivity index (χ2n) is 27.7. The van der Waals surface area contributed by atoms with Gasteiger partial charge in [0.25, 0.3) is 5.91 Å². The molecule has 3 fully saturated rings. The van der Waals surface area contributed by atoms with Crippen molar-refractivity contribution in [2.75, 3.05) is 189 Å². The molecule has 103 heavy (non-hydrogen) atoms. The maximum absolute atomic E-state index is 13.1. The van der Waals surface area contributed by atoms with Crippen LogP contribution in [0.2, 0.25) is 10.0 Å². The number of aliphatic hydroxyl groups excluding tert-OH is 1. The number of anilines is 1. The summed E-state index contributed by atoms with van der Waals surface area (Å²) >= 11 is 12.8. The molecule has 0 bridgehead atoms. The van der Waals surface area contributed by atoms with Crippen LogP contribution in [0.1, 0.15) is 120 Å². The summed E-state index contributed by atoms with van der Waals surface area (Å²) in [5.74, 6) is 1.73. The van der Waals surface area contributed by atoms with Gasteiger partial charge in [0.2, 0.25) is 0 Å². The first kappa shape index (κ1) is 84.5. The lowest BCUT2D eigenvalue weighted by Crippen LogP contribution is -2.53. The van der Waals surface area contributed by atoms with Gasteiger partial charge in [-0.15, -0.1) is 5.10 Å². The Kier molecular flexibility index (Phi) is 37.9. The number of hydrogen-bond donors (Lipinski definition) is 3. The minimum Gasteiger partial charge on any atom is -0.393 e. The number of amides is 1. The third-order valence-electron chi connectivity index (χ3n) is 20.5. The summed E-state index contributed by atoms with van der Waals surface area (Å²) in [6, 6.07) is 14.4. The number of aliphatic hydroxyl groups is 2. The highest BCUT2D eigenvalue weighted by Gasteiger charge is 2.61. The van der Waals surface area contributed by atoms with Gasteiger partial charge in [0, 0.05) is 24.1 Å². The van der Waals surface area contributed by atoms with E-state index in [1.807, 2.05) is 18.3 Å². The molecule has 0 spiro atoms. The number of nitrogens with one attached hydrogen (secondary N) is 1. The Morgan fingerprint density at radius 1 is 0.612 bits per heavy atom. The van der Waals surface area contributed by atoms with Crippen LogP contribution in [0.25, 0.3) is 11.3 Å². The molecule has 2 aromatic heterocycles. The molecule has 3 saturated carbocycles. The van der Waals surface area contributed by atoms with Crippen LogP contribution in [-0.4, -0.2) is 240 Å². The van der Waals surface area contributed by atoms with Crippen LogP contribution in [0.15, 0.2) is 83.5 Å². The highest BCUT2D eigenvalue weighted by molar-refractivity contribution is 7.91. The van der Waals surface area contributed by atoms with Gasteiger partial charge in [0.1, 0.15) is 5.69 Å². The smallest absolute Gasteiger partial charge is 0.257 e. The average molecular weight is 1510 g/mol. The molecule has 8 atom stereocenters. The fourth-order valence-electron chi connectivity index (χ4n) is 15.1. The van der Waals surface area contributed by atoms with Gasteiger partial charge in [-0.1, -0.05) is 79.2 Å². The van der Waals surface area contributed by atoms with Crippen molar-refractivity contribution in [1.29, 1.82) is 0 Å². The standard InChI is InChI=1S/C76H115Cl2N5O19S/c1-74-22-19-62(84)54-59(74)11-14-64-67-16-18-72(75(67,2)23-20-68(64)74)76(3,86)21-7-4-5-9-26-89-28-30-91-32-34-93-36-37-95-38-39-96-40-41-97-42-43-98-46-47-100-50-51-102-58-61-57-83(82-81-61)25-27-90-29-31-92-33-35-94-44-45-99-48-49-101-52-53-103(87,88)63-13-15-65(70(78)56-63)73(85)80-60-12-17-69(77)66(55-60)71-10-6-8-24-79-71/h6,8,10-13,15,17,24,55-57,62,64,67-68,72,84,86H,4-5,7,9,14,16,18-23,25-54,58H2,1-3H3,(H,80,85)/t62-,64-,67-,68-,72?,74-,75-,76?/m0/s1. The molecule has 578 valence electrons. The maximum atomic E-state index is 13.1. The van der Waals surface area contributed by atoms with Gasteiger partial charge in [-0.3, -0.25) is 9.78 Å². The second-order valence-corrected chi connectivity index (χ2v) is 30.6. The molecule has 24 nitrogen and oxygen atoms in total. The molecule has 3 N–H and O–H groups in total. The molecule has 4 aliphatic rings. The van der Waals surface area contributed by atoms with Gasteiger partial charge in [0.15, 0.2) is 9.84 Å². The van der Waals surface area contributed by atoms with Crippen molar-refractivity contribution in [1.82, 2.24) is 20.0 Å². The first-order valence-corrected chi connectivity index (χ1v) is 39.6. The van der Waals surface area contributed by atoms with E-state index in [2.05, 4.69) is 47.5 Å². The number of nitrogens with zero attached hydrogens (tertiary/aromatic N) is 4. The van der Waals surface area contributed by atoms with E-state index < -0.39 is 21.3 Å². The van der Waals surface area contributed by atoms with Gasteiger partial charge >= 0.3 is 0 Å². The van der Waals surface area contributed by atoms with E-state index in [0.717, 1.165) is 76.2 Å². The Hall–Kier alpha value is -4.17. The van der Waals surface area contributed by atoms with Crippen molar-refractivity contribution in [3.8, 4) is 11.3 Å². The summed E-state index contributed by atoms with van der Waals surface area (Å²) in [5, 5.41) is 33.9. The lowest BCUT2D eigenvalue weighted by molar-refractivity contribution is -0.105. The van der Waals surface area contributed by atoms with Crippen molar-refractivity contribution >= 4 is 44.6 Å². The fraction of sp³-hybridized carbons (Fsp3) is 0.711. The Labute approximate surface area is 620 Å². The molecule has 0 aliphatic heterocycles. The van der Waals surface area contributed by atoms with Crippen LogP contribution in [0.4, 0.5) is 5.69 Å². The van der Waals surface area contributed by atoms with Crippen LogP contribution >= 0.6 is 23.2 Å². The Morgan fingerprint density at radius 2 is 1.17 bits per heavy atom. The third-order valence-corrected chi connectivity index (χ3v) is 22.8. The minimum atomic E-state index is -3.74. The molecule has 2 unspecified atom stereocenters. The summed E-state index contributed by atoms with van der Waals surface area (Å²) in [4.78, 5) is 17.4. The van der Waals surface area contributed by atoms with Crippen LogP contribution in [-0.2, 0) is 89.3 Å². The topological polar surface area (TPSA) is 277 Å². The number of hydrogen-bond acceptors (Lipinski definition) is 22. The average Bonchev–Trinajstić information content (AvgIpc) is 1.66. The van der Waals surface area contributed by atoms with Gasteiger partial charge < -0.3 is 81.8 Å². The lowest BCUT2D eigenvalue weighted by atomic mass is 9.46. The molecule has 8 rings (SSSR count). The molecule has 2 aromatic carbocycles. The zero-order chi connectivity index (χ0) is 72.9. The predicted molar refractivity (Wildman–Crippen MR) is 391 cm³/mol. The van der Waals surface area contributed by atoms with Gasteiger partial charge in [-0.2, -0.15) is 0 Å². The largest absolute Gasteiger partial charge is 0.393 e. The van der Waals surface area contributed by atoms with Crippen LogP contribution in [0, 0.1) is 34.5 Å². The highest BCUT2D eigenvalue weighted by Crippen LogP contribution is 2.68. The normalized spacial score (nSPS) is 21.6. The number of allylic oxidation sites excluding steroid dienone is 1. The Balaban J connectivity index is 0.485. The number of benzene rings is 2. The van der Waals surface area contributed by atoms with E-state index in [9.17, 15) is 23.4 Å². The van der Waals surface area contributed by atoms with Crippen LogP contribution < -0.4 is 5.32 Å². The molecular weight excluding hydrogens is 1390 g/mol. The summed E-state index contributed by atoms with van der Waals surface area (Å²) < 4.78 is 106. The Morgan fingerprint density at radius 3 is 1.74 bits per heavy atom. The minimum absolute atomic E-state index is 0.0112. The molecule has 0 saturated heterocycles. The zero-order valence-electron chi connectivity index (χ0n) is 61.0. The van der Waals surface area contributed by atoms with Crippen LogP contribution in [0.5, 0.6) is 0 Å². The number of ether oxygens (including phenoxy) is 14. The lowest BCUT2D eigenvalue weighted by Gasteiger charge is -2.59. The number of halogens is 2. The number of rotatable bonds is 56. The second kappa shape index (κ2) is 46.2. The first-order chi connectivity index (χ1) is 50.1. The highest BCUT2D eigenvalue weighted by atomic mass is 35.5. The van der Waals surface area contributed by atoms with Crippen molar-refractivity contribution in [2.45, 2.75) is 134 Å². The Bertz CT molecular complexity index is 3190. The van der Waals surface area contributed by atoms with Crippen LogP contribution in [0.3, 0.4) is 0 Å². The number of pyridine rings is 1. The summed E-state index contributed by atoms with van der Waals surface area (Å²) in [6.45, 7) is 19.7. The van der Waals surface area contributed by atoms with Gasteiger partial charge in [-0.25, -0.2) is 13.1 Å². The number of carbonyl (C=O) groups is 1. The molecule has 4 aliphatic carbocycles. The molecular formula is C76H115Cl2N5O19S. The molecule has 1 amide bonds. The fourth-order valence-corrected chi connectivity index (χ4v) is 16.8. The monoisotopic (exact) mass is 1500 g/mol. The SMILES string of the molecule is CC(O)(CCCCCCOCCOCCOCCOCCOCCOCCOCCOCCOCc1cn(CCOCCOCCOCCOCCOCCS(=O)(=O)c2ccc(C(=O)Nc3ccc(Cl)c(-c4ccccn4)c3)c(Cl)c2)nn1)C1CC[C@H]2[C@@H]3CC=C4C[C@@H](O)CC[C@]4(C)[C@H]3CC[C@]12C. The van der Waals surface area contributed by atoms with Gasteiger partial charge in [-0.05, 0) is 154 Å². The quantitative estimate of drug-likeness (QED) is 0.0274. The molecule has 0 radical (unpaired) electrons. The number of aromatic nitrogens is 4. The third kappa shape index (κ3) is 28.4. The summed E-state index contributed by atoms with van der Waals surface area (Å²) in [6.07, 6.45) is 20.0. The van der Waals surface area contributed by atoms with Crippen molar-refractivity contribution in [2.24, 2.45) is 34.5 Å². The first-order valence-electron chi connectivity index (χ1n) is 37.2.